The van der Waals surface area contributed by atoms with Crippen LogP contribution in [0.15, 0.2) is 34.5 Å². The first-order valence-electron chi connectivity index (χ1n) is 8.70. The van der Waals surface area contributed by atoms with E-state index in [1.165, 1.54) is 12.1 Å². The van der Waals surface area contributed by atoms with E-state index in [4.69, 9.17) is 4.42 Å². The molecule has 5 heteroatoms. The largest absolute Gasteiger partial charge is 0.460 e. The number of carbonyl (C=O) groups excluding carboxylic acids is 3. The fourth-order valence-corrected chi connectivity index (χ4v) is 4.73. The van der Waals surface area contributed by atoms with Crippen LogP contribution in [0, 0.1) is 0 Å². The van der Waals surface area contributed by atoms with Crippen molar-refractivity contribution in [2.75, 3.05) is 6.61 Å². The number of hydrogen-bond donors (Lipinski definition) is 1. The Balaban J connectivity index is 1.81. The fourth-order valence-electron chi connectivity index (χ4n) is 4.73. The summed E-state index contributed by atoms with van der Waals surface area (Å²) in [5.74, 6) is -0.611. The van der Waals surface area contributed by atoms with Gasteiger partial charge in [0.2, 0.25) is 5.78 Å². The minimum absolute atomic E-state index is 0.0514. The lowest BCUT2D eigenvalue weighted by molar-refractivity contribution is 0.0970. The second-order valence-electron chi connectivity index (χ2n) is 7.44. The minimum atomic E-state index is -0.502. The second-order valence-corrected chi connectivity index (χ2v) is 7.44. The number of rotatable bonds is 1. The van der Waals surface area contributed by atoms with Crippen molar-refractivity contribution in [2.24, 2.45) is 0 Å². The number of ketones is 3. The van der Waals surface area contributed by atoms with Crippen LogP contribution in [0.25, 0.3) is 0 Å². The number of hydrogen-bond acceptors (Lipinski definition) is 5. The van der Waals surface area contributed by atoms with Crippen LogP contribution in [0.1, 0.15) is 73.3 Å². The second kappa shape index (κ2) is 4.89. The van der Waals surface area contributed by atoms with Gasteiger partial charge < -0.3 is 9.52 Å². The highest BCUT2D eigenvalue weighted by molar-refractivity contribution is 6.26. The lowest BCUT2D eigenvalue weighted by Gasteiger charge is -2.39. The van der Waals surface area contributed by atoms with Gasteiger partial charge in [0.25, 0.3) is 0 Å². The van der Waals surface area contributed by atoms with Gasteiger partial charge in [-0.3, -0.25) is 14.4 Å². The van der Waals surface area contributed by atoms with Gasteiger partial charge in [-0.05, 0) is 48.6 Å². The molecule has 1 aromatic heterocycles. The Bertz CT molecular complexity index is 1070. The van der Waals surface area contributed by atoms with Gasteiger partial charge in [-0.1, -0.05) is 6.92 Å². The Hall–Kier alpha value is -2.79. The summed E-state index contributed by atoms with van der Waals surface area (Å²) in [6.07, 6.45) is 5.55. The molecule has 1 aromatic carbocycles. The zero-order chi connectivity index (χ0) is 18.2. The number of furan rings is 1. The standard InChI is InChI=1S/C21H16O5/c1-21-4-2-3-10-9-26-20(17(10)21)19(25)14-6-13-12(7-15(14)21)16(23)5-11(8-22)18(13)24/h5-7,9,22H,2-4,8H2,1H3/t21-/m0/s1. The molecule has 130 valence electrons. The molecule has 1 heterocycles. The number of Topliss-reactive ketones (excluding diaryl/α,β-unsaturated/α-hetero) is 1. The molecule has 3 aliphatic carbocycles. The first-order chi connectivity index (χ1) is 12.5. The van der Waals surface area contributed by atoms with Gasteiger partial charge in [0, 0.05) is 33.2 Å². The summed E-state index contributed by atoms with van der Waals surface area (Å²) in [6, 6.07) is 3.22. The maximum Gasteiger partial charge on any atom is 0.228 e. The molecule has 0 aliphatic heterocycles. The van der Waals surface area contributed by atoms with Gasteiger partial charge in [0.1, 0.15) is 0 Å². The highest BCUT2D eigenvalue weighted by Crippen LogP contribution is 2.50. The van der Waals surface area contributed by atoms with Crippen molar-refractivity contribution in [3.63, 3.8) is 0 Å². The zero-order valence-electron chi connectivity index (χ0n) is 14.2. The monoisotopic (exact) mass is 348 g/mol. The molecule has 26 heavy (non-hydrogen) atoms. The Kier molecular flexibility index (Phi) is 2.91. The summed E-state index contributed by atoms with van der Waals surface area (Å²) in [4.78, 5) is 38.1. The van der Waals surface area contributed by atoms with Gasteiger partial charge in [0.15, 0.2) is 17.3 Å². The third-order valence-electron chi connectivity index (χ3n) is 6.02. The van der Waals surface area contributed by atoms with E-state index >= 15 is 0 Å². The molecule has 5 nitrogen and oxygen atoms in total. The molecule has 0 spiro atoms. The first kappa shape index (κ1) is 15.5. The van der Waals surface area contributed by atoms with Crippen molar-refractivity contribution in [2.45, 2.75) is 31.6 Å². The summed E-state index contributed by atoms with van der Waals surface area (Å²) < 4.78 is 5.60. The lowest BCUT2D eigenvalue weighted by Crippen LogP contribution is -2.36. The molecule has 1 atom stereocenters. The SMILES string of the molecule is C[C@@]12CCCc3coc(c31)C(=O)c1cc3c(cc12)C(=O)C=C(CO)C3=O. The van der Waals surface area contributed by atoms with Crippen molar-refractivity contribution >= 4 is 17.3 Å². The highest BCUT2D eigenvalue weighted by Gasteiger charge is 2.46. The smallest absolute Gasteiger partial charge is 0.228 e. The van der Waals surface area contributed by atoms with Crippen LogP contribution in [-0.4, -0.2) is 29.1 Å². The lowest BCUT2D eigenvalue weighted by atomic mass is 9.62. The van der Waals surface area contributed by atoms with E-state index in [-0.39, 0.29) is 22.7 Å². The van der Waals surface area contributed by atoms with Gasteiger partial charge in [-0.25, -0.2) is 0 Å². The summed E-state index contributed by atoms with van der Waals surface area (Å²) in [5.41, 5.74) is 3.33. The topological polar surface area (TPSA) is 84.6 Å². The summed E-state index contributed by atoms with van der Waals surface area (Å²) >= 11 is 0. The summed E-state index contributed by atoms with van der Waals surface area (Å²) in [5, 5.41) is 9.33. The fraction of sp³-hybridized carbons (Fsp3) is 0.286. The number of allylic oxidation sites excluding steroid dienone is 1. The summed E-state index contributed by atoms with van der Waals surface area (Å²) in [6.45, 7) is 1.57. The van der Waals surface area contributed by atoms with E-state index in [0.717, 1.165) is 36.0 Å². The molecule has 3 aliphatic rings. The van der Waals surface area contributed by atoms with Gasteiger partial charge in [-0.15, -0.1) is 0 Å². The molecule has 0 amide bonds. The molecule has 0 radical (unpaired) electrons. The van der Waals surface area contributed by atoms with E-state index in [2.05, 4.69) is 6.92 Å². The van der Waals surface area contributed by atoms with Crippen molar-refractivity contribution < 1.29 is 23.9 Å². The molecular formula is C21H16O5. The van der Waals surface area contributed by atoms with Crippen molar-refractivity contribution in [1.29, 1.82) is 0 Å². The molecule has 0 unspecified atom stereocenters. The molecule has 0 bridgehead atoms. The zero-order valence-corrected chi connectivity index (χ0v) is 14.2. The van der Waals surface area contributed by atoms with Gasteiger partial charge in [0.05, 0.1) is 12.9 Å². The van der Waals surface area contributed by atoms with E-state index in [1.807, 2.05) is 0 Å². The predicted octanol–water partition coefficient (Wildman–Crippen LogP) is 2.76. The quantitative estimate of drug-likeness (QED) is 0.857. The van der Waals surface area contributed by atoms with Crippen molar-refractivity contribution in [3.8, 4) is 0 Å². The van der Waals surface area contributed by atoms with E-state index in [9.17, 15) is 19.5 Å². The Morgan fingerprint density at radius 3 is 2.69 bits per heavy atom. The predicted molar refractivity (Wildman–Crippen MR) is 91.8 cm³/mol. The molecule has 1 N–H and O–H groups in total. The number of fused-ring (bicyclic) bond motifs is 3. The number of benzene rings is 1. The third kappa shape index (κ3) is 1.71. The Labute approximate surface area is 149 Å². The third-order valence-corrected chi connectivity index (χ3v) is 6.02. The van der Waals surface area contributed by atoms with Crippen molar-refractivity contribution in [1.82, 2.24) is 0 Å². The van der Waals surface area contributed by atoms with E-state index < -0.39 is 17.8 Å². The Morgan fingerprint density at radius 1 is 1.12 bits per heavy atom. The average molecular weight is 348 g/mol. The Morgan fingerprint density at radius 2 is 1.92 bits per heavy atom. The van der Waals surface area contributed by atoms with Crippen molar-refractivity contribution in [3.05, 3.63) is 69.2 Å². The van der Waals surface area contributed by atoms with Crippen LogP contribution in [0.5, 0.6) is 0 Å². The summed E-state index contributed by atoms with van der Waals surface area (Å²) in [7, 11) is 0. The molecule has 0 saturated heterocycles. The van der Waals surface area contributed by atoms with Crippen LogP contribution in [0.3, 0.4) is 0 Å². The van der Waals surface area contributed by atoms with Gasteiger partial charge in [-0.2, -0.15) is 0 Å². The van der Waals surface area contributed by atoms with Crippen LogP contribution < -0.4 is 0 Å². The molecular weight excluding hydrogens is 332 g/mol. The molecule has 0 saturated carbocycles. The van der Waals surface area contributed by atoms with Crippen LogP contribution in [0.2, 0.25) is 0 Å². The van der Waals surface area contributed by atoms with Crippen LogP contribution >= 0.6 is 0 Å². The average Bonchev–Trinajstić information content (AvgIpc) is 3.08. The van der Waals surface area contributed by atoms with Crippen LogP contribution in [-0.2, 0) is 11.8 Å². The van der Waals surface area contributed by atoms with E-state index in [0.29, 0.717) is 16.9 Å². The number of carbonyl (C=O) groups is 3. The highest BCUT2D eigenvalue weighted by atomic mass is 16.3. The first-order valence-corrected chi connectivity index (χ1v) is 8.70. The molecule has 2 aromatic rings. The van der Waals surface area contributed by atoms with Gasteiger partial charge >= 0.3 is 0 Å². The number of aryl methyl sites for hydroxylation is 1. The molecule has 0 fully saturated rings. The number of aliphatic hydroxyl groups is 1. The number of aliphatic hydroxyl groups excluding tert-OH is 1. The normalized spacial score (nSPS) is 23.3. The van der Waals surface area contributed by atoms with E-state index in [1.54, 1.807) is 12.3 Å². The minimum Gasteiger partial charge on any atom is -0.460 e. The van der Waals surface area contributed by atoms with Crippen LogP contribution in [0.4, 0.5) is 0 Å². The molecule has 5 rings (SSSR count). The maximum atomic E-state index is 13.0. The maximum absolute atomic E-state index is 13.0.